The number of ether oxygens (including phenoxy) is 1. The second-order valence-corrected chi connectivity index (χ2v) is 6.34. The molecule has 2 unspecified atom stereocenters. The molecule has 104 valence electrons. The molecule has 0 bridgehead atoms. The molecule has 2 rings (SSSR count). The Labute approximate surface area is 109 Å². The highest BCUT2D eigenvalue weighted by atomic mass is 16.6. The van der Waals surface area contributed by atoms with Gasteiger partial charge in [-0.2, -0.15) is 0 Å². The molecule has 2 fully saturated rings. The summed E-state index contributed by atoms with van der Waals surface area (Å²) in [6.45, 7) is 9.72. The fourth-order valence-corrected chi connectivity index (χ4v) is 2.61. The third-order valence-electron chi connectivity index (χ3n) is 3.61. The second kappa shape index (κ2) is 5.45. The fraction of sp³-hybridized carbons (Fsp3) is 0.923. The first-order valence-corrected chi connectivity index (χ1v) is 6.86. The highest BCUT2D eigenvalue weighted by Gasteiger charge is 2.36. The molecule has 3 N–H and O–H groups in total. The molecule has 0 aromatic carbocycles. The van der Waals surface area contributed by atoms with Crippen molar-refractivity contribution in [2.45, 2.75) is 38.8 Å². The molecule has 0 aromatic heterocycles. The molecule has 0 saturated carbocycles. The van der Waals surface area contributed by atoms with Crippen molar-refractivity contribution in [2.24, 2.45) is 11.8 Å². The van der Waals surface area contributed by atoms with Crippen molar-refractivity contribution in [3.63, 3.8) is 0 Å². The van der Waals surface area contributed by atoms with Crippen molar-refractivity contribution in [1.82, 2.24) is 16.0 Å². The van der Waals surface area contributed by atoms with Crippen molar-refractivity contribution >= 4 is 6.09 Å². The molecule has 0 aliphatic carbocycles. The van der Waals surface area contributed by atoms with Crippen LogP contribution in [0.1, 0.15) is 27.2 Å². The molecular formula is C13H25N3O2. The van der Waals surface area contributed by atoms with Gasteiger partial charge in [0.05, 0.1) is 0 Å². The summed E-state index contributed by atoms with van der Waals surface area (Å²) in [7, 11) is 0. The largest absolute Gasteiger partial charge is 0.444 e. The van der Waals surface area contributed by atoms with Gasteiger partial charge in [-0.3, -0.25) is 0 Å². The molecule has 2 aliphatic heterocycles. The molecule has 0 radical (unpaired) electrons. The van der Waals surface area contributed by atoms with Gasteiger partial charge in [0.1, 0.15) is 5.60 Å². The molecule has 2 heterocycles. The van der Waals surface area contributed by atoms with Crippen LogP contribution in [-0.4, -0.2) is 43.9 Å². The quantitative estimate of drug-likeness (QED) is 0.695. The predicted octanol–water partition coefficient (Wildman–Crippen LogP) is 0.709. The maximum absolute atomic E-state index is 11.9. The molecule has 2 saturated heterocycles. The Kier molecular flexibility index (Phi) is 4.12. The van der Waals surface area contributed by atoms with E-state index in [2.05, 4.69) is 16.0 Å². The molecule has 2 aliphatic rings. The van der Waals surface area contributed by atoms with Crippen LogP contribution >= 0.6 is 0 Å². The SMILES string of the molecule is CC(C)(C)OC(=O)NC(C1CCNC1)C1CNC1. The summed E-state index contributed by atoms with van der Waals surface area (Å²) in [6, 6.07) is 0.232. The molecular weight excluding hydrogens is 230 g/mol. The number of alkyl carbamates (subject to hydrolysis) is 1. The van der Waals surface area contributed by atoms with Gasteiger partial charge in [-0.1, -0.05) is 0 Å². The third kappa shape index (κ3) is 3.59. The van der Waals surface area contributed by atoms with E-state index in [9.17, 15) is 4.79 Å². The van der Waals surface area contributed by atoms with Gasteiger partial charge in [0.2, 0.25) is 0 Å². The molecule has 0 aromatic rings. The van der Waals surface area contributed by atoms with Crippen LogP contribution in [0.15, 0.2) is 0 Å². The third-order valence-corrected chi connectivity index (χ3v) is 3.61. The fourth-order valence-electron chi connectivity index (χ4n) is 2.61. The van der Waals surface area contributed by atoms with Gasteiger partial charge in [-0.25, -0.2) is 4.79 Å². The summed E-state index contributed by atoms with van der Waals surface area (Å²) in [5, 5.41) is 9.72. The number of hydrogen-bond acceptors (Lipinski definition) is 4. The smallest absolute Gasteiger partial charge is 0.407 e. The highest BCUT2D eigenvalue weighted by molar-refractivity contribution is 5.68. The number of amides is 1. The van der Waals surface area contributed by atoms with E-state index < -0.39 is 5.60 Å². The lowest BCUT2D eigenvalue weighted by Gasteiger charge is -2.38. The van der Waals surface area contributed by atoms with Crippen molar-refractivity contribution in [3.05, 3.63) is 0 Å². The lowest BCUT2D eigenvalue weighted by Crippen LogP contribution is -2.58. The number of nitrogens with one attached hydrogen (secondary N) is 3. The van der Waals surface area contributed by atoms with Crippen LogP contribution in [0.2, 0.25) is 0 Å². The van der Waals surface area contributed by atoms with Crippen molar-refractivity contribution < 1.29 is 9.53 Å². The van der Waals surface area contributed by atoms with Crippen molar-refractivity contribution in [3.8, 4) is 0 Å². The van der Waals surface area contributed by atoms with Gasteiger partial charge in [0.25, 0.3) is 0 Å². The zero-order chi connectivity index (χ0) is 13.2. The summed E-state index contributed by atoms with van der Waals surface area (Å²) in [4.78, 5) is 11.9. The van der Waals surface area contributed by atoms with E-state index in [0.29, 0.717) is 11.8 Å². The summed E-state index contributed by atoms with van der Waals surface area (Å²) < 4.78 is 5.36. The van der Waals surface area contributed by atoms with Crippen LogP contribution in [0.3, 0.4) is 0 Å². The van der Waals surface area contributed by atoms with Gasteiger partial charge in [-0.05, 0) is 46.2 Å². The zero-order valence-corrected chi connectivity index (χ0v) is 11.6. The van der Waals surface area contributed by atoms with E-state index in [0.717, 1.165) is 32.6 Å². The molecule has 18 heavy (non-hydrogen) atoms. The number of carbonyl (C=O) groups is 1. The molecule has 5 nitrogen and oxygen atoms in total. The van der Waals surface area contributed by atoms with Crippen LogP contribution in [0, 0.1) is 11.8 Å². The molecule has 2 atom stereocenters. The topological polar surface area (TPSA) is 62.4 Å². The summed E-state index contributed by atoms with van der Waals surface area (Å²) in [5.41, 5.74) is -0.430. The van der Waals surface area contributed by atoms with Crippen LogP contribution < -0.4 is 16.0 Å². The summed E-state index contributed by atoms with van der Waals surface area (Å²) in [5.74, 6) is 1.08. The second-order valence-electron chi connectivity index (χ2n) is 6.34. The number of hydrogen-bond donors (Lipinski definition) is 3. The molecule has 5 heteroatoms. The van der Waals surface area contributed by atoms with Crippen LogP contribution in [-0.2, 0) is 4.74 Å². The average Bonchev–Trinajstić information content (AvgIpc) is 2.62. The highest BCUT2D eigenvalue weighted by Crippen LogP contribution is 2.22. The lowest BCUT2D eigenvalue weighted by atomic mass is 9.84. The Bertz CT molecular complexity index is 291. The zero-order valence-electron chi connectivity index (χ0n) is 11.6. The van der Waals surface area contributed by atoms with E-state index in [4.69, 9.17) is 4.74 Å². The normalized spacial score (nSPS) is 26.5. The number of carbonyl (C=O) groups excluding carboxylic acids is 1. The van der Waals surface area contributed by atoms with Crippen LogP contribution in [0.5, 0.6) is 0 Å². The van der Waals surface area contributed by atoms with Crippen molar-refractivity contribution in [1.29, 1.82) is 0 Å². The Balaban J connectivity index is 1.90. The standard InChI is InChI=1S/C13H25N3O2/c1-13(2,3)18-12(17)16-11(10-7-15-8-10)9-4-5-14-6-9/h9-11,14-15H,4-8H2,1-3H3,(H,16,17). The van der Waals surface area contributed by atoms with Crippen LogP contribution in [0.4, 0.5) is 4.79 Å². The van der Waals surface area contributed by atoms with E-state index in [1.807, 2.05) is 20.8 Å². The Morgan fingerprint density at radius 3 is 2.33 bits per heavy atom. The van der Waals surface area contributed by atoms with Gasteiger partial charge in [0.15, 0.2) is 0 Å². The first-order chi connectivity index (χ1) is 8.46. The van der Waals surface area contributed by atoms with Gasteiger partial charge < -0.3 is 20.7 Å². The van der Waals surface area contributed by atoms with E-state index >= 15 is 0 Å². The minimum absolute atomic E-state index is 0.232. The van der Waals surface area contributed by atoms with E-state index in [1.165, 1.54) is 0 Å². The lowest BCUT2D eigenvalue weighted by molar-refractivity contribution is 0.0444. The van der Waals surface area contributed by atoms with Gasteiger partial charge >= 0.3 is 6.09 Å². The number of rotatable bonds is 3. The predicted molar refractivity (Wildman–Crippen MR) is 70.5 cm³/mol. The average molecular weight is 255 g/mol. The minimum atomic E-state index is -0.430. The van der Waals surface area contributed by atoms with E-state index in [-0.39, 0.29) is 12.1 Å². The van der Waals surface area contributed by atoms with E-state index in [1.54, 1.807) is 0 Å². The summed E-state index contributed by atoms with van der Waals surface area (Å²) in [6.07, 6.45) is 0.850. The first kappa shape index (κ1) is 13.6. The van der Waals surface area contributed by atoms with Gasteiger partial charge in [0, 0.05) is 25.0 Å². The maximum Gasteiger partial charge on any atom is 0.407 e. The Hall–Kier alpha value is -0.810. The first-order valence-electron chi connectivity index (χ1n) is 6.86. The van der Waals surface area contributed by atoms with Crippen molar-refractivity contribution in [2.75, 3.05) is 26.2 Å². The van der Waals surface area contributed by atoms with Crippen LogP contribution in [0.25, 0.3) is 0 Å². The molecule has 0 spiro atoms. The molecule has 1 amide bonds. The van der Waals surface area contributed by atoms with Gasteiger partial charge in [-0.15, -0.1) is 0 Å². The summed E-state index contributed by atoms with van der Waals surface area (Å²) >= 11 is 0. The Morgan fingerprint density at radius 2 is 1.89 bits per heavy atom. The monoisotopic (exact) mass is 255 g/mol. The maximum atomic E-state index is 11.9. The Morgan fingerprint density at radius 1 is 1.22 bits per heavy atom. The minimum Gasteiger partial charge on any atom is -0.444 e.